The van der Waals surface area contributed by atoms with Crippen LogP contribution in [0, 0.1) is 25.6 Å². The van der Waals surface area contributed by atoms with Crippen molar-refractivity contribution in [2.24, 2.45) is 5.92 Å². The number of amides is 2. The largest absolute Gasteiger partial charge is 0.496 e. The second kappa shape index (κ2) is 9.30. The third-order valence-electron chi connectivity index (χ3n) is 4.53. The van der Waals surface area contributed by atoms with Crippen molar-refractivity contribution in [2.75, 3.05) is 7.11 Å². The van der Waals surface area contributed by atoms with Crippen molar-refractivity contribution < 1.29 is 18.7 Å². The molecule has 2 aromatic rings. The van der Waals surface area contributed by atoms with Crippen molar-refractivity contribution in [1.29, 1.82) is 0 Å². The molecular formula is C21H26FN3O3. The zero-order chi connectivity index (χ0) is 20.8. The minimum Gasteiger partial charge on any atom is -0.496 e. The highest BCUT2D eigenvalue weighted by molar-refractivity contribution is 5.97. The summed E-state index contributed by atoms with van der Waals surface area (Å²) in [4.78, 5) is 29.4. The van der Waals surface area contributed by atoms with Gasteiger partial charge in [-0.15, -0.1) is 0 Å². The number of halogens is 1. The van der Waals surface area contributed by atoms with Crippen LogP contribution >= 0.6 is 0 Å². The predicted octanol–water partition coefficient (Wildman–Crippen LogP) is 2.92. The number of rotatable bonds is 7. The molecule has 28 heavy (non-hydrogen) atoms. The second-order valence-corrected chi connectivity index (χ2v) is 6.94. The molecule has 0 aliphatic carbocycles. The van der Waals surface area contributed by atoms with E-state index in [2.05, 4.69) is 15.6 Å². The molecule has 1 unspecified atom stereocenters. The summed E-state index contributed by atoms with van der Waals surface area (Å²) in [5, 5.41) is 5.42. The predicted molar refractivity (Wildman–Crippen MR) is 105 cm³/mol. The van der Waals surface area contributed by atoms with Crippen LogP contribution < -0.4 is 15.4 Å². The summed E-state index contributed by atoms with van der Waals surface area (Å²) in [7, 11) is 1.59. The summed E-state index contributed by atoms with van der Waals surface area (Å²) < 4.78 is 19.2. The van der Waals surface area contributed by atoms with Gasteiger partial charge in [-0.25, -0.2) is 4.39 Å². The first-order valence-electron chi connectivity index (χ1n) is 9.08. The number of carbonyl (C=O) groups is 2. The first kappa shape index (κ1) is 21.3. The number of hydrogen-bond acceptors (Lipinski definition) is 4. The van der Waals surface area contributed by atoms with Crippen LogP contribution in [0.5, 0.6) is 5.75 Å². The van der Waals surface area contributed by atoms with Crippen molar-refractivity contribution in [3.63, 3.8) is 0 Å². The van der Waals surface area contributed by atoms with Crippen molar-refractivity contribution in [2.45, 2.75) is 40.3 Å². The summed E-state index contributed by atoms with van der Waals surface area (Å²) in [6, 6.07) is 4.86. The van der Waals surface area contributed by atoms with Crippen molar-refractivity contribution in [3.8, 4) is 5.75 Å². The third kappa shape index (κ3) is 4.85. The molecule has 150 valence electrons. The molecule has 1 aromatic heterocycles. The fourth-order valence-electron chi connectivity index (χ4n) is 2.93. The van der Waals surface area contributed by atoms with E-state index in [0.717, 1.165) is 16.9 Å². The normalized spacial score (nSPS) is 11.8. The van der Waals surface area contributed by atoms with E-state index in [9.17, 15) is 14.0 Å². The van der Waals surface area contributed by atoms with E-state index in [4.69, 9.17) is 4.74 Å². The van der Waals surface area contributed by atoms with Crippen LogP contribution in [0.2, 0.25) is 0 Å². The molecule has 0 radical (unpaired) electrons. The van der Waals surface area contributed by atoms with Gasteiger partial charge in [-0.1, -0.05) is 26.0 Å². The topological polar surface area (TPSA) is 80.3 Å². The maximum Gasteiger partial charge on any atom is 0.254 e. The maximum atomic E-state index is 13.8. The number of pyridine rings is 1. The number of nitrogens with one attached hydrogen (secondary N) is 2. The van der Waals surface area contributed by atoms with E-state index in [0.29, 0.717) is 5.69 Å². The first-order valence-corrected chi connectivity index (χ1v) is 9.08. The van der Waals surface area contributed by atoms with Crippen LogP contribution in [-0.2, 0) is 11.3 Å². The van der Waals surface area contributed by atoms with Crippen LogP contribution in [0.3, 0.4) is 0 Å². The fraction of sp³-hybridized carbons (Fsp3) is 0.381. The monoisotopic (exact) mass is 387 g/mol. The SMILES string of the molecule is COc1c(C)cnc(CNC(=O)C(NC(=O)c2ccccc2F)C(C)C)c1C. The van der Waals surface area contributed by atoms with Gasteiger partial charge in [0.2, 0.25) is 5.91 Å². The van der Waals surface area contributed by atoms with Gasteiger partial charge in [-0.2, -0.15) is 0 Å². The summed E-state index contributed by atoms with van der Waals surface area (Å²) in [6.07, 6.45) is 1.69. The minimum atomic E-state index is -0.806. The molecule has 7 heteroatoms. The number of carbonyl (C=O) groups excluding carboxylic acids is 2. The molecule has 0 aliphatic rings. The number of methoxy groups -OCH3 is 1. The Hall–Kier alpha value is -2.96. The molecule has 1 aromatic carbocycles. The molecule has 1 atom stereocenters. The molecule has 0 spiro atoms. The Bertz CT molecular complexity index is 868. The molecule has 6 nitrogen and oxygen atoms in total. The Morgan fingerprint density at radius 2 is 1.89 bits per heavy atom. The lowest BCUT2D eigenvalue weighted by molar-refractivity contribution is -0.124. The van der Waals surface area contributed by atoms with E-state index in [-0.39, 0.29) is 23.9 Å². The number of ether oxygens (including phenoxy) is 1. The second-order valence-electron chi connectivity index (χ2n) is 6.94. The highest BCUT2D eigenvalue weighted by Crippen LogP contribution is 2.23. The zero-order valence-electron chi connectivity index (χ0n) is 16.8. The van der Waals surface area contributed by atoms with E-state index in [1.807, 2.05) is 27.7 Å². The first-order chi connectivity index (χ1) is 13.3. The van der Waals surface area contributed by atoms with Gasteiger partial charge in [-0.05, 0) is 31.9 Å². The molecule has 0 saturated carbocycles. The average Bonchev–Trinajstić information content (AvgIpc) is 2.65. The van der Waals surface area contributed by atoms with Gasteiger partial charge >= 0.3 is 0 Å². The summed E-state index contributed by atoms with van der Waals surface area (Å²) >= 11 is 0. The van der Waals surface area contributed by atoms with Gasteiger partial charge in [0.15, 0.2) is 0 Å². The zero-order valence-corrected chi connectivity index (χ0v) is 16.8. The fourth-order valence-corrected chi connectivity index (χ4v) is 2.93. The summed E-state index contributed by atoms with van der Waals surface area (Å²) in [5.74, 6) is -1.07. The number of aryl methyl sites for hydroxylation is 1. The Labute approximate surface area is 164 Å². The van der Waals surface area contributed by atoms with Gasteiger partial charge in [-0.3, -0.25) is 14.6 Å². The van der Waals surface area contributed by atoms with Crippen LogP contribution in [0.15, 0.2) is 30.5 Å². The molecule has 0 aliphatic heterocycles. The average molecular weight is 387 g/mol. The number of aromatic nitrogens is 1. The lowest BCUT2D eigenvalue weighted by atomic mass is 10.0. The molecule has 0 saturated heterocycles. The Morgan fingerprint density at radius 3 is 2.50 bits per heavy atom. The Kier molecular flexibility index (Phi) is 7.09. The van der Waals surface area contributed by atoms with Crippen LogP contribution in [0.25, 0.3) is 0 Å². The van der Waals surface area contributed by atoms with Gasteiger partial charge in [0.25, 0.3) is 5.91 Å². The van der Waals surface area contributed by atoms with Crippen LogP contribution in [0.4, 0.5) is 4.39 Å². The summed E-state index contributed by atoms with van der Waals surface area (Å²) in [6.45, 7) is 7.59. The molecule has 2 amide bonds. The standard InChI is InChI=1S/C21H26FN3O3/c1-12(2)18(25-20(26)15-8-6-7-9-16(15)22)21(27)24-11-17-14(4)19(28-5)13(3)10-23-17/h6-10,12,18H,11H2,1-5H3,(H,24,27)(H,25,26). The Morgan fingerprint density at radius 1 is 1.21 bits per heavy atom. The van der Waals surface area contributed by atoms with Gasteiger partial charge in [0.05, 0.1) is 24.9 Å². The van der Waals surface area contributed by atoms with Gasteiger partial charge in [0, 0.05) is 17.3 Å². The van der Waals surface area contributed by atoms with Gasteiger partial charge in [0.1, 0.15) is 17.6 Å². The Balaban J connectivity index is 2.10. The van der Waals surface area contributed by atoms with Gasteiger partial charge < -0.3 is 15.4 Å². The lowest BCUT2D eigenvalue weighted by Crippen LogP contribution is -2.49. The van der Waals surface area contributed by atoms with E-state index in [1.54, 1.807) is 19.4 Å². The quantitative estimate of drug-likeness (QED) is 0.766. The smallest absolute Gasteiger partial charge is 0.254 e. The summed E-state index contributed by atoms with van der Waals surface area (Å²) in [5.41, 5.74) is 2.34. The maximum absolute atomic E-state index is 13.8. The van der Waals surface area contributed by atoms with E-state index in [1.165, 1.54) is 18.2 Å². The van der Waals surface area contributed by atoms with E-state index >= 15 is 0 Å². The molecular weight excluding hydrogens is 361 g/mol. The highest BCUT2D eigenvalue weighted by Gasteiger charge is 2.25. The molecule has 2 rings (SSSR count). The third-order valence-corrected chi connectivity index (χ3v) is 4.53. The van der Waals surface area contributed by atoms with Crippen molar-refractivity contribution in [3.05, 3.63) is 58.7 Å². The van der Waals surface area contributed by atoms with E-state index < -0.39 is 17.8 Å². The van der Waals surface area contributed by atoms with Crippen molar-refractivity contribution in [1.82, 2.24) is 15.6 Å². The molecule has 1 heterocycles. The highest BCUT2D eigenvalue weighted by atomic mass is 19.1. The number of nitrogens with zero attached hydrogens (tertiary/aromatic N) is 1. The molecule has 0 bridgehead atoms. The molecule has 2 N–H and O–H groups in total. The van der Waals surface area contributed by atoms with Crippen LogP contribution in [0.1, 0.15) is 41.0 Å². The number of hydrogen-bond donors (Lipinski definition) is 2. The number of benzene rings is 1. The minimum absolute atomic E-state index is 0.0956. The van der Waals surface area contributed by atoms with Crippen LogP contribution in [-0.4, -0.2) is 29.9 Å². The van der Waals surface area contributed by atoms with Crippen molar-refractivity contribution >= 4 is 11.8 Å². The molecule has 0 fully saturated rings. The lowest BCUT2D eigenvalue weighted by Gasteiger charge is -2.22.